The van der Waals surface area contributed by atoms with E-state index in [0.717, 1.165) is 29.7 Å². The molecular weight excluding hydrogens is 890 g/mol. The smallest absolute Gasteiger partial charge is 0.335 e. The number of rotatable bonds is 14. The van der Waals surface area contributed by atoms with Crippen molar-refractivity contribution in [1.82, 2.24) is 20.6 Å². The summed E-state index contributed by atoms with van der Waals surface area (Å²) in [6.07, 6.45) is 4.49. The van der Waals surface area contributed by atoms with Crippen LogP contribution < -0.4 is 29.9 Å². The number of anilines is 2. The van der Waals surface area contributed by atoms with Crippen LogP contribution in [0.3, 0.4) is 0 Å². The summed E-state index contributed by atoms with van der Waals surface area (Å²) in [7, 11) is 0. The molecule has 4 aromatic carbocycles. The van der Waals surface area contributed by atoms with E-state index in [9.17, 15) is 23.6 Å². The fraction of sp³-hybridized carbons (Fsp3) is 0.224. The van der Waals surface area contributed by atoms with Crippen LogP contribution in [0.15, 0.2) is 128 Å². The monoisotopic (exact) mass is 932 g/mol. The number of carboxylic acids is 2. The third-order valence-electron chi connectivity index (χ3n) is 11.4. The highest BCUT2D eigenvalue weighted by Crippen LogP contribution is 2.46. The number of hydrogen-bond donors (Lipinski definition) is 4. The lowest BCUT2D eigenvalue weighted by Crippen LogP contribution is -2.55. The molecule has 1 saturated carbocycles. The van der Waals surface area contributed by atoms with Gasteiger partial charge in [0.25, 0.3) is 11.8 Å². The van der Waals surface area contributed by atoms with Crippen LogP contribution in [0.25, 0.3) is 0 Å². The van der Waals surface area contributed by atoms with Gasteiger partial charge < -0.3 is 40.1 Å². The molecule has 3 fully saturated rings. The predicted octanol–water partition coefficient (Wildman–Crippen LogP) is 8.45. The van der Waals surface area contributed by atoms with Crippen LogP contribution in [0.2, 0.25) is 10.0 Å². The number of carbonyl (C=O) groups excluding carboxylic acids is 2. The summed E-state index contributed by atoms with van der Waals surface area (Å²) in [5.74, 6) is -0.473. The highest BCUT2D eigenvalue weighted by atomic mass is 35.5. The Balaban J connectivity index is 0.000000179. The first-order valence-electron chi connectivity index (χ1n) is 21.0. The van der Waals surface area contributed by atoms with Crippen molar-refractivity contribution in [3.8, 4) is 11.5 Å². The second kappa shape index (κ2) is 19.5. The van der Waals surface area contributed by atoms with Gasteiger partial charge in [-0.2, -0.15) is 0 Å². The highest BCUT2D eigenvalue weighted by Gasteiger charge is 2.46. The lowest BCUT2D eigenvalue weighted by Gasteiger charge is -2.40. The molecule has 6 aromatic rings. The fourth-order valence-corrected chi connectivity index (χ4v) is 7.89. The minimum absolute atomic E-state index is 0.0170. The second-order valence-corrected chi connectivity index (χ2v) is 17.0. The molecule has 2 aromatic heterocycles. The summed E-state index contributed by atoms with van der Waals surface area (Å²) in [6, 6.07) is 31.2. The number of aromatic carboxylic acids is 2. The number of nitrogens with zero attached hydrogens (tertiary/aromatic N) is 4. The SMILES string of the molecule is C[C@H](NC(=O)c1cc(Cl)cnc1N1CC(Oc2ccc(F)cc2)C1)c1ccc(C(=O)O)cc1.O=C(O)c1ccc(C2(NC(=O)c3cc(Cl)cnc3N3CC(Oc4ccccc4)C3)CC2)cc1. The van der Waals surface area contributed by atoms with Crippen LogP contribution >= 0.6 is 23.2 Å². The number of carboxylic acid groups (broad SMARTS) is 2. The lowest BCUT2D eigenvalue weighted by molar-refractivity contribution is 0.0686. The zero-order valence-corrected chi connectivity index (χ0v) is 36.9. The van der Waals surface area contributed by atoms with Gasteiger partial charge in [-0.15, -0.1) is 0 Å². The van der Waals surface area contributed by atoms with Crippen molar-refractivity contribution in [2.24, 2.45) is 0 Å². The van der Waals surface area contributed by atoms with Crippen molar-refractivity contribution in [2.45, 2.75) is 43.6 Å². The van der Waals surface area contributed by atoms with E-state index in [0.29, 0.717) is 64.7 Å². The molecule has 0 unspecified atom stereocenters. The van der Waals surface area contributed by atoms with Crippen LogP contribution in [0.5, 0.6) is 11.5 Å². The molecule has 4 N–H and O–H groups in total. The lowest BCUT2D eigenvalue weighted by atomic mass is 10.0. The largest absolute Gasteiger partial charge is 0.487 e. The van der Waals surface area contributed by atoms with E-state index >= 15 is 0 Å². The number of aromatic nitrogens is 2. The Labute approximate surface area is 388 Å². The van der Waals surface area contributed by atoms with Crippen molar-refractivity contribution < 1.29 is 43.3 Å². The normalized spacial score (nSPS) is 15.5. The van der Waals surface area contributed by atoms with E-state index in [-0.39, 0.29) is 47.0 Å². The molecule has 0 bridgehead atoms. The van der Waals surface area contributed by atoms with Gasteiger partial charge in [-0.3, -0.25) is 9.59 Å². The Bertz CT molecular complexity index is 2730. The molecule has 9 rings (SSSR count). The highest BCUT2D eigenvalue weighted by molar-refractivity contribution is 6.31. The first-order chi connectivity index (χ1) is 31.7. The molecule has 3 aliphatic rings. The molecule has 4 heterocycles. The van der Waals surface area contributed by atoms with Crippen molar-refractivity contribution >= 4 is 58.6 Å². The third-order valence-corrected chi connectivity index (χ3v) is 11.8. The van der Waals surface area contributed by atoms with Crippen LogP contribution in [-0.2, 0) is 5.54 Å². The van der Waals surface area contributed by atoms with Gasteiger partial charge in [0.05, 0.1) is 70.1 Å². The van der Waals surface area contributed by atoms with Gasteiger partial charge in [-0.1, -0.05) is 65.7 Å². The van der Waals surface area contributed by atoms with E-state index in [2.05, 4.69) is 20.6 Å². The molecular formula is C49H43Cl2FN6O8. The number of benzene rings is 4. The summed E-state index contributed by atoms with van der Waals surface area (Å²) in [6.45, 7) is 4.07. The molecule has 0 spiro atoms. The Morgan fingerprint density at radius 1 is 0.682 bits per heavy atom. The minimum atomic E-state index is -1.01. The minimum Gasteiger partial charge on any atom is -0.487 e. The topological polar surface area (TPSA) is 184 Å². The first-order valence-corrected chi connectivity index (χ1v) is 21.7. The van der Waals surface area contributed by atoms with E-state index in [1.807, 2.05) is 47.1 Å². The quantitative estimate of drug-likeness (QED) is 0.0819. The second-order valence-electron chi connectivity index (χ2n) is 16.1. The standard InChI is InChI=1S/C25H22ClN3O4.C24H21ClFN3O4/c26-18-12-21(22(27-13-18)29-14-20(15-29)33-19-4-2-1-3-5-19)23(30)28-25(10-11-25)17-8-6-16(7-9-17)24(31)32;1-14(15-2-4-16(5-3-15)24(31)32)28-23(30)21-10-17(25)11-27-22(21)29-12-20(13-29)33-19-8-6-18(26)7-9-19/h1-9,12-13,20H,10-11,14-15H2,(H,28,30)(H,31,32);2-11,14,20H,12-13H2,1H3,(H,28,30)(H,31,32)/t;14-/m.0/s1. The maximum absolute atomic E-state index is 13.3. The van der Waals surface area contributed by atoms with E-state index in [1.165, 1.54) is 36.7 Å². The fourth-order valence-electron chi connectivity index (χ4n) is 7.57. The van der Waals surface area contributed by atoms with Gasteiger partial charge in [0, 0.05) is 12.4 Å². The number of halogens is 3. The van der Waals surface area contributed by atoms with Gasteiger partial charge in [0.2, 0.25) is 0 Å². The number of pyridine rings is 2. The number of ether oxygens (including phenoxy) is 2. The van der Waals surface area contributed by atoms with Gasteiger partial charge >= 0.3 is 11.9 Å². The van der Waals surface area contributed by atoms with Crippen LogP contribution in [0, 0.1) is 5.82 Å². The Kier molecular flexibility index (Phi) is 13.4. The van der Waals surface area contributed by atoms with Crippen molar-refractivity contribution in [1.29, 1.82) is 0 Å². The van der Waals surface area contributed by atoms with Gasteiger partial charge in [0.15, 0.2) is 0 Å². The molecule has 338 valence electrons. The Morgan fingerprint density at radius 3 is 1.64 bits per heavy atom. The number of amides is 2. The molecule has 14 nitrogen and oxygen atoms in total. The summed E-state index contributed by atoms with van der Waals surface area (Å²) in [4.78, 5) is 61.2. The maximum Gasteiger partial charge on any atom is 0.335 e. The number of carbonyl (C=O) groups is 4. The van der Waals surface area contributed by atoms with Gasteiger partial charge in [0.1, 0.15) is 41.2 Å². The third kappa shape index (κ3) is 10.6. The van der Waals surface area contributed by atoms with Crippen molar-refractivity contribution in [3.63, 3.8) is 0 Å². The predicted molar refractivity (Wildman–Crippen MR) is 246 cm³/mol. The zero-order chi connectivity index (χ0) is 46.5. The molecule has 0 radical (unpaired) electrons. The maximum atomic E-state index is 13.3. The van der Waals surface area contributed by atoms with E-state index in [1.54, 1.807) is 60.7 Å². The molecule has 2 aliphatic heterocycles. The number of hydrogen-bond acceptors (Lipinski definition) is 10. The van der Waals surface area contributed by atoms with Gasteiger partial charge in [-0.25, -0.2) is 23.9 Å². The van der Waals surface area contributed by atoms with Crippen molar-refractivity contribution in [3.05, 3.63) is 177 Å². The number of nitrogens with one attached hydrogen (secondary N) is 2. The van der Waals surface area contributed by atoms with Crippen LogP contribution in [0.4, 0.5) is 16.0 Å². The molecule has 2 amide bonds. The molecule has 2 saturated heterocycles. The van der Waals surface area contributed by atoms with E-state index < -0.39 is 17.5 Å². The summed E-state index contributed by atoms with van der Waals surface area (Å²) < 4.78 is 24.8. The van der Waals surface area contributed by atoms with Crippen molar-refractivity contribution in [2.75, 3.05) is 36.0 Å². The average molecular weight is 934 g/mol. The summed E-state index contributed by atoms with van der Waals surface area (Å²) in [5.41, 5.74) is 2.29. The molecule has 1 atom stereocenters. The molecule has 1 aliphatic carbocycles. The zero-order valence-electron chi connectivity index (χ0n) is 35.4. The Hall–Kier alpha value is -7.23. The number of para-hydroxylation sites is 1. The first kappa shape index (κ1) is 45.3. The van der Waals surface area contributed by atoms with Crippen LogP contribution in [-0.4, -0.2) is 82.3 Å². The molecule has 66 heavy (non-hydrogen) atoms. The molecule has 17 heteroatoms. The van der Waals surface area contributed by atoms with Gasteiger partial charge in [-0.05, 0) is 104 Å². The summed E-state index contributed by atoms with van der Waals surface area (Å²) >= 11 is 12.3. The Morgan fingerprint density at radius 2 is 1.15 bits per heavy atom. The average Bonchev–Trinajstić information content (AvgIpc) is 4.07. The summed E-state index contributed by atoms with van der Waals surface area (Å²) in [5, 5.41) is 24.9. The van der Waals surface area contributed by atoms with Crippen LogP contribution in [0.1, 0.15) is 78.4 Å². The van der Waals surface area contributed by atoms with E-state index in [4.69, 9.17) is 42.9 Å².